The van der Waals surface area contributed by atoms with Crippen LogP contribution in [0.5, 0.6) is 0 Å². The minimum atomic E-state index is 0.542. The van der Waals surface area contributed by atoms with E-state index in [0.717, 1.165) is 24.7 Å². The second-order valence-corrected chi connectivity index (χ2v) is 4.71. The number of hydrogen-bond acceptors (Lipinski definition) is 4. The molecule has 0 radical (unpaired) electrons. The van der Waals surface area contributed by atoms with Gasteiger partial charge in [0.2, 0.25) is 0 Å². The summed E-state index contributed by atoms with van der Waals surface area (Å²) in [5.41, 5.74) is 7.14. The van der Waals surface area contributed by atoms with Gasteiger partial charge in [0.25, 0.3) is 0 Å². The van der Waals surface area contributed by atoms with E-state index in [4.69, 9.17) is 5.73 Å². The first-order chi connectivity index (χ1) is 8.72. The maximum atomic E-state index is 5.74. The molecule has 0 bridgehead atoms. The van der Waals surface area contributed by atoms with E-state index >= 15 is 0 Å². The summed E-state index contributed by atoms with van der Waals surface area (Å²) in [6, 6.07) is 12.4. The molecule has 1 aliphatic rings. The average Bonchev–Trinajstić information content (AvgIpc) is 2.27. The zero-order valence-corrected chi connectivity index (χ0v) is 10.4. The minimum absolute atomic E-state index is 0.542. The highest BCUT2D eigenvalue weighted by molar-refractivity contribution is 5.50. The lowest BCUT2D eigenvalue weighted by molar-refractivity contribution is 0.519. The van der Waals surface area contributed by atoms with Crippen LogP contribution < -0.4 is 10.6 Å². The van der Waals surface area contributed by atoms with Crippen LogP contribution in [0.4, 0.5) is 11.6 Å². The van der Waals surface area contributed by atoms with Gasteiger partial charge in [-0.2, -0.15) is 0 Å². The van der Waals surface area contributed by atoms with Crippen LogP contribution in [-0.2, 0) is 0 Å². The Balaban J connectivity index is 1.72. The molecule has 1 aliphatic heterocycles. The number of aryl methyl sites for hydroxylation is 1. The molecule has 1 aromatic heterocycles. The topological polar surface area (TPSA) is 55.0 Å². The highest BCUT2D eigenvalue weighted by atomic mass is 15.2. The predicted molar refractivity (Wildman–Crippen MR) is 72.6 cm³/mol. The monoisotopic (exact) mass is 240 g/mol. The van der Waals surface area contributed by atoms with E-state index in [0.29, 0.717) is 11.7 Å². The summed E-state index contributed by atoms with van der Waals surface area (Å²) < 4.78 is 0. The Morgan fingerprint density at radius 1 is 1.17 bits per heavy atom. The fourth-order valence-electron chi connectivity index (χ4n) is 2.34. The summed E-state index contributed by atoms with van der Waals surface area (Å²) in [6.45, 7) is 3.87. The summed E-state index contributed by atoms with van der Waals surface area (Å²) in [6.07, 6.45) is 0. The molecule has 0 spiro atoms. The number of benzene rings is 1. The molecule has 2 N–H and O–H groups in total. The highest BCUT2D eigenvalue weighted by Gasteiger charge is 2.29. The van der Waals surface area contributed by atoms with Gasteiger partial charge in [0.05, 0.1) is 0 Å². The normalized spacial score (nSPS) is 15.5. The van der Waals surface area contributed by atoms with Gasteiger partial charge in [-0.3, -0.25) is 0 Å². The van der Waals surface area contributed by atoms with E-state index in [1.165, 1.54) is 5.56 Å². The minimum Gasteiger partial charge on any atom is -0.384 e. The van der Waals surface area contributed by atoms with Crippen LogP contribution in [0.25, 0.3) is 0 Å². The van der Waals surface area contributed by atoms with Gasteiger partial charge in [-0.15, -0.1) is 0 Å². The molecule has 92 valence electrons. The smallest absolute Gasteiger partial charge is 0.134 e. The SMILES string of the molecule is Cc1nc(N)cc(N2CC(c3ccccc3)C2)n1. The van der Waals surface area contributed by atoms with Crippen molar-refractivity contribution < 1.29 is 0 Å². The predicted octanol–water partition coefficient (Wildman–Crippen LogP) is 1.97. The zero-order valence-electron chi connectivity index (χ0n) is 10.4. The lowest BCUT2D eigenvalue weighted by atomic mass is 9.91. The second-order valence-electron chi connectivity index (χ2n) is 4.71. The molecule has 0 unspecified atom stereocenters. The van der Waals surface area contributed by atoms with Crippen molar-refractivity contribution in [3.8, 4) is 0 Å². The van der Waals surface area contributed by atoms with Crippen LogP contribution in [0.3, 0.4) is 0 Å². The molecule has 0 amide bonds. The van der Waals surface area contributed by atoms with Crippen molar-refractivity contribution in [3.63, 3.8) is 0 Å². The molecule has 0 saturated carbocycles. The van der Waals surface area contributed by atoms with Crippen LogP contribution in [0.1, 0.15) is 17.3 Å². The van der Waals surface area contributed by atoms with Crippen LogP contribution in [0.15, 0.2) is 36.4 Å². The lowest BCUT2D eigenvalue weighted by Crippen LogP contribution is -2.45. The average molecular weight is 240 g/mol. The summed E-state index contributed by atoms with van der Waals surface area (Å²) in [5.74, 6) is 2.81. The van der Waals surface area contributed by atoms with E-state index in [-0.39, 0.29) is 0 Å². The molecule has 1 fully saturated rings. The Morgan fingerprint density at radius 3 is 2.56 bits per heavy atom. The molecule has 1 aromatic carbocycles. The molecule has 4 nitrogen and oxygen atoms in total. The Hall–Kier alpha value is -2.10. The standard InChI is InChI=1S/C14H16N4/c1-10-16-13(15)7-14(17-10)18-8-12(9-18)11-5-3-2-4-6-11/h2-7,12H,8-9H2,1H3,(H2,15,16,17). The van der Waals surface area contributed by atoms with Crippen LogP contribution in [0, 0.1) is 6.92 Å². The van der Waals surface area contributed by atoms with Gasteiger partial charge in [0, 0.05) is 25.1 Å². The summed E-state index contributed by atoms with van der Waals surface area (Å²) in [7, 11) is 0. The first-order valence-corrected chi connectivity index (χ1v) is 6.13. The Bertz CT molecular complexity index is 527. The highest BCUT2D eigenvalue weighted by Crippen LogP contribution is 2.30. The van der Waals surface area contributed by atoms with Crippen molar-refractivity contribution in [1.82, 2.24) is 9.97 Å². The van der Waals surface area contributed by atoms with E-state index in [2.05, 4.69) is 45.2 Å². The third kappa shape index (κ3) is 2.01. The number of nitrogens with zero attached hydrogens (tertiary/aromatic N) is 3. The molecule has 0 aliphatic carbocycles. The van der Waals surface area contributed by atoms with Gasteiger partial charge in [0.1, 0.15) is 17.5 Å². The van der Waals surface area contributed by atoms with Gasteiger partial charge in [-0.25, -0.2) is 9.97 Å². The van der Waals surface area contributed by atoms with Gasteiger partial charge in [-0.1, -0.05) is 30.3 Å². The molecule has 18 heavy (non-hydrogen) atoms. The van der Waals surface area contributed by atoms with Crippen molar-refractivity contribution >= 4 is 11.6 Å². The molecule has 2 heterocycles. The molecule has 3 rings (SSSR count). The molecular formula is C14H16N4. The second kappa shape index (κ2) is 4.29. The maximum absolute atomic E-state index is 5.74. The number of hydrogen-bond donors (Lipinski definition) is 1. The van der Waals surface area contributed by atoms with Crippen molar-refractivity contribution in [2.45, 2.75) is 12.8 Å². The van der Waals surface area contributed by atoms with Crippen LogP contribution >= 0.6 is 0 Å². The van der Waals surface area contributed by atoms with Gasteiger partial charge in [0.15, 0.2) is 0 Å². The number of nitrogen functional groups attached to an aromatic ring is 1. The first-order valence-electron chi connectivity index (χ1n) is 6.13. The summed E-state index contributed by atoms with van der Waals surface area (Å²) in [5, 5.41) is 0. The van der Waals surface area contributed by atoms with Gasteiger partial charge >= 0.3 is 0 Å². The van der Waals surface area contributed by atoms with E-state index in [9.17, 15) is 0 Å². The van der Waals surface area contributed by atoms with Gasteiger partial charge < -0.3 is 10.6 Å². The summed E-state index contributed by atoms with van der Waals surface area (Å²) >= 11 is 0. The molecule has 1 saturated heterocycles. The molecule has 2 aromatic rings. The van der Waals surface area contributed by atoms with Crippen molar-refractivity contribution in [3.05, 3.63) is 47.8 Å². The Labute approximate surface area is 106 Å². The van der Waals surface area contributed by atoms with Crippen molar-refractivity contribution in [2.75, 3.05) is 23.7 Å². The maximum Gasteiger partial charge on any atom is 0.134 e. The number of anilines is 2. The van der Waals surface area contributed by atoms with E-state index < -0.39 is 0 Å². The zero-order chi connectivity index (χ0) is 12.5. The lowest BCUT2D eigenvalue weighted by Gasteiger charge is -2.40. The Kier molecular flexibility index (Phi) is 2.63. The third-order valence-corrected chi connectivity index (χ3v) is 3.32. The van der Waals surface area contributed by atoms with E-state index in [1.807, 2.05) is 13.0 Å². The quantitative estimate of drug-likeness (QED) is 0.872. The Morgan fingerprint density at radius 2 is 1.89 bits per heavy atom. The number of aromatic nitrogens is 2. The molecular weight excluding hydrogens is 224 g/mol. The molecule has 4 heteroatoms. The largest absolute Gasteiger partial charge is 0.384 e. The van der Waals surface area contributed by atoms with Gasteiger partial charge in [-0.05, 0) is 12.5 Å². The number of nitrogens with two attached hydrogens (primary N) is 1. The van der Waals surface area contributed by atoms with Crippen LogP contribution in [-0.4, -0.2) is 23.1 Å². The summed E-state index contributed by atoms with van der Waals surface area (Å²) in [4.78, 5) is 10.7. The molecule has 0 atom stereocenters. The van der Waals surface area contributed by atoms with Crippen molar-refractivity contribution in [2.24, 2.45) is 0 Å². The first kappa shape index (κ1) is 11.0. The fourth-order valence-corrected chi connectivity index (χ4v) is 2.34. The number of rotatable bonds is 2. The third-order valence-electron chi connectivity index (χ3n) is 3.32. The van der Waals surface area contributed by atoms with E-state index in [1.54, 1.807) is 0 Å². The van der Waals surface area contributed by atoms with Crippen LogP contribution in [0.2, 0.25) is 0 Å². The fraction of sp³-hybridized carbons (Fsp3) is 0.286. The van der Waals surface area contributed by atoms with Crippen molar-refractivity contribution in [1.29, 1.82) is 0 Å².